The predicted octanol–water partition coefficient (Wildman–Crippen LogP) is 1.43. The number of rotatable bonds is 6. The van der Waals surface area contributed by atoms with Gasteiger partial charge in [-0.15, -0.1) is 0 Å². The van der Waals surface area contributed by atoms with Crippen LogP contribution in [0.5, 0.6) is 0 Å². The van der Waals surface area contributed by atoms with E-state index in [0.717, 1.165) is 0 Å². The second kappa shape index (κ2) is 7.49. The maximum absolute atomic E-state index is 13.3. The Morgan fingerprint density at radius 3 is 2.70 bits per heavy atom. The molecule has 20 heavy (non-hydrogen) atoms. The van der Waals surface area contributed by atoms with Gasteiger partial charge in [0.25, 0.3) is 0 Å². The van der Waals surface area contributed by atoms with Crippen molar-refractivity contribution < 1.29 is 23.3 Å². The van der Waals surface area contributed by atoms with Crippen LogP contribution in [0.4, 0.5) is 4.39 Å². The molecule has 0 spiro atoms. The van der Waals surface area contributed by atoms with Crippen molar-refractivity contribution in [3.05, 3.63) is 34.1 Å². The van der Waals surface area contributed by atoms with E-state index in [1.54, 1.807) is 6.07 Å². The molecular formula is C12H13BrFNO4S. The normalized spacial score (nSPS) is 13.6. The first kappa shape index (κ1) is 16.8. The van der Waals surface area contributed by atoms with Gasteiger partial charge < -0.3 is 10.4 Å². The van der Waals surface area contributed by atoms with Gasteiger partial charge in [-0.05, 0) is 27.6 Å². The molecular weight excluding hydrogens is 353 g/mol. The highest BCUT2D eigenvalue weighted by Crippen LogP contribution is 2.21. The molecule has 2 atom stereocenters. The van der Waals surface area contributed by atoms with Crippen LogP contribution in [-0.4, -0.2) is 33.0 Å². The van der Waals surface area contributed by atoms with E-state index in [2.05, 4.69) is 21.2 Å². The smallest absolute Gasteiger partial charge is 0.327 e. The molecule has 0 aliphatic heterocycles. The molecule has 8 heteroatoms. The number of amides is 1. The Balaban J connectivity index is 2.73. The van der Waals surface area contributed by atoms with Crippen LogP contribution < -0.4 is 5.32 Å². The number of halogens is 2. The van der Waals surface area contributed by atoms with Crippen molar-refractivity contribution in [2.75, 3.05) is 5.75 Å². The summed E-state index contributed by atoms with van der Waals surface area (Å²) in [5.74, 6) is -2.48. The number of carboxylic acids is 1. The highest BCUT2D eigenvalue weighted by Gasteiger charge is 2.22. The number of aliphatic carboxylic acids is 1. The summed E-state index contributed by atoms with van der Waals surface area (Å²) in [6.07, 6.45) is 0. The monoisotopic (exact) mass is 365 g/mol. The SMILES string of the molecule is CC(=O)NC(CS(=O)Cc1cccc(F)c1Br)C(=O)O. The lowest BCUT2D eigenvalue weighted by atomic mass is 10.2. The van der Waals surface area contributed by atoms with Crippen molar-refractivity contribution in [3.63, 3.8) is 0 Å². The van der Waals surface area contributed by atoms with E-state index in [4.69, 9.17) is 5.11 Å². The summed E-state index contributed by atoms with van der Waals surface area (Å²) < 4.78 is 25.4. The van der Waals surface area contributed by atoms with Crippen LogP contribution in [0.25, 0.3) is 0 Å². The number of benzene rings is 1. The molecule has 0 saturated carbocycles. The second-order valence-corrected chi connectivity index (χ2v) is 6.35. The Bertz CT molecular complexity index is 552. The van der Waals surface area contributed by atoms with Gasteiger partial charge in [-0.1, -0.05) is 12.1 Å². The second-order valence-electron chi connectivity index (χ2n) is 4.06. The molecule has 0 aliphatic carbocycles. The number of nitrogens with one attached hydrogen (secondary N) is 1. The molecule has 0 heterocycles. The van der Waals surface area contributed by atoms with Gasteiger partial charge in [0.2, 0.25) is 5.91 Å². The Morgan fingerprint density at radius 1 is 1.50 bits per heavy atom. The van der Waals surface area contributed by atoms with Crippen molar-refractivity contribution in [2.24, 2.45) is 0 Å². The van der Waals surface area contributed by atoms with Crippen LogP contribution in [0.3, 0.4) is 0 Å². The molecule has 0 radical (unpaired) electrons. The number of hydrogen-bond acceptors (Lipinski definition) is 3. The molecule has 2 unspecified atom stereocenters. The zero-order valence-electron chi connectivity index (χ0n) is 10.6. The molecule has 0 bridgehead atoms. The van der Waals surface area contributed by atoms with E-state index in [1.165, 1.54) is 19.1 Å². The third-order valence-electron chi connectivity index (χ3n) is 2.38. The van der Waals surface area contributed by atoms with Gasteiger partial charge in [0.15, 0.2) is 0 Å². The van der Waals surface area contributed by atoms with Crippen LogP contribution >= 0.6 is 15.9 Å². The summed E-state index contributed by atoms with van der Waals surface area (Å²) in [6, 6.07) is 3.11. The molecule has 2 N–H and O–H groups in total. The highest BCUT2D eigenvalue weighted by atomic mass is 79.9. The first-order valence-electron chi connectivity index (χ1n) is 5.59. The average Bonchev–Trinajstić information content (AvgIpc) is 2.33. The molecule has 1 rings (SSSR count). The maximum Gasteiger partial charge on any atom is 0.327 e. The van der Waals surface area contributed by atoms with E-state index < -0.39 is 34.5 Å². The Hall–Kier alpha value is -1.28. The third-order valence-corrected chi connectivity index (χ3v) is 4.60. The fourth-order valence-corrected chi connectivity index (χ4v) is 3.39. The third kappa shape index (κ3) is 5.01. The zero-order valence-corrected chi connectivity index (χ0v) is 13.0. The number of carbonyl (C=O) groups excluding carboxylic acids is 1. The van der Waals surface area contributed by atoms with Gasteiger partial charge in [-0.3, -0.25) is 9.00 Å². The van der Waals surface area contributed by atoms with Gasteiger partial charge in [0.1, 0.15) is 11.9 Å². The summed E-state index contributed by atoms with van der Waals surface area (Å²) in [5, 5.41) is 11.1. The summed E-state index contributed by atoms with van der Waals surface area (Å²) in [5.41, 5.74) is 0.482. The Morgan fingerprint density at radius 2 is 2.15 bits per heavy atom. The van der Waals surface area contributed by atoms with E-state index in [9.17, 15) is 18.2 Å². The lowest BCUT2D eigenvalue weighted by molar-refractivity contribution is -0.140. The van der Waals surface area contributed by atoms with E-state index >= 15 is 0 Å². The zero-order chi connectivity index (χ0) is 15.3. The molecule has 1 aromatic rings. The Labute approximate surface area is 126 Å². The van der Waals surface area contributed by atoms with Gasteiger partial charge >= 0.3 is 5.97 Å². The van der Waals surface area contributed by atoms with Crippen molar-refractivity contribution in [1.29, 1.82) is 0 Å². The minimum Gasteiger partial charge on any atom is -0.480 e. The highest BCUT2D eigenvalue weighted by molar-refractivity contribution is 9.10. The summed E-state index contributed by atoms with van der Waals surface area (Å²) >= 11 is 3.05. The van der Waals surface area contributed by atoms with Crippen molar-refractivity contribution in [1.82, 2.24) is 5.32 Å². The van der Waals surface area contributed by atoms with Gasteiger partial charge in [-0.2, -0.15) is 0 Å². The van der Waals surface area contributed by atoms with Crippen LogP contribution in [0, 0.1) is 5.82 Å². The van der Waals surface area contributed by atoms with E-state index in [-0.39, 0.29) is 16.0 Å². The summed E-state index contributed by atoms with van der Waals surface area (Å²) in [6.45, 7) is 1.18. The number of carbonyl (C=O) groups is 2. The van der Waals surface area contributed by atoms with E-state index in [1.807, 2.05) is 0 Å². The molecule has 1 aromatic carbocycles. The van der Waals surface area contributed by atoms with Crippen LogP contribution in [0.2, 0.25) is 0 Å². The topological polar surface area (TPSA) is 83.5 Å². The Kier molecular flexibility index (Phi) is 6.28. The van der Waals surface area contributed by atoms with Gasteiger partial charge in [-0.25, -0.2) is 9.18 Å². The molecule has 0 fully saturated rings. The molecule has 1 amide bonds. The standard InChI is InChI=1S/C12H13BrFNO4S/c1-7(16)15-10(12(17)18)6-20(19)5-8-3-2-4-9(14)11(8)13/h2-4,10H,5-6H2,1H3,(H,15,16)(H,17,18). The van der Waals surface area contributed by atoms with Crippen LogP contribution in [-0.2, 0) is 26.1 Å². The summed E-state index contributed by atoms with van der Waals surface area (Å²) in [7, 11) is -1.55. The fraction of sp³-hybridized carbons (Fsp3) is 0.333. The van der Waals surface area contributed by atoms with Crippen molar-refractivity contribution in [3.8, 4) is 0 Å². The minimum atomic E-state index is -1.55. The quantitative estimate of drug-likeness (QED) is 0.798. The molecule has 5 nitrogen and oxygen atoms in total. The average molecular weight is 366 g/mol. The van der Waals surface area contributed by atoms with Crippen molar-refractivity contribution >= 4 is 38.6 Å². The van der Waals surface area contributed by atoms with E-state index in [0.29, 0.717) is 5.56 Å². The van der Waals surface area contributed by atoms with Crippen molar-refractivity contribution in [2.45, 2.75) is 18.7 Å². The number of hydrogen-bond donors (Lipinski definition) is 2. The predicted molar refractivity (Wildman–Crippen MR) is 76.1 cm³/mol. The van der Waals surface area contributed by atoms with Crippen LogP contribution in [0.1, 0.15) is 12.5 Å². The van der Waals surface area contributed by atoms with Gasteiger partial charge in [0, 0.05) is 23.5 Å². The molecule has 0 aliphatic rings. The fourth-order valence-electron chi connectivity index (χ4n) is 1.50. The lowest BCUT2D eigenvalue weighted by Crippen LogP contribution is -2.43. The molecule has 0 saturated heterocycles. The lowest BCUT2D eigenvalue weighted by Gasteiger charge is -2.13. The summed E-state index contributed by atoms with van der Waals surface area (Å²) in [4.78, 5) is 21.8. The van der Waals surface area contributed by atoms with Gasteiger partial charge in [0.05, 0.1) is 10.2 Å². The largest absolute Gasteiger partial charge is 0.480 e. The molecule has 110 valence electrons. The molecule has 0 aromatic heterocycles. The number of carboxylic acid groups (broad SMARTS) is 1. The first-order chi connectivity index (χ1) is 9.31. The first-order valence-corrected chi connectivity index (χ1v) is 7.87. The van der Waals surface area contributed by atoms with Crippen LogP contribution in [0.15, 0.2) is 22.7 Å². The minimum absolute atomic E-state index is 0.00169. The maximum atomic E-state index is 13.3.